The number of ether oxygens (including phenoxy) is 1. The number of benzene rings is 1. The van der Waals surface area contributed by atoms with Gasteiger partial charge in [0.25, 0.3) is 5.91 Å². The summed E-state index contributed by atoms with van der Waals surface area (Å²) in [5, 5.41) is 30.0. The number of aliphatic hydroxyl groups excluding tert-OH is 1. The molecule has 1 aromatic heterocycles. The van der Waals surface area contributed by atoms with Gasteiger partial charge in [0, 0.05) is 31.8 Å². The Morgan fingerprint density at radius 3 is 2.53 bits per heavy atom. The van der Waals surface area contributed by atoms with Crippen LogP contribution in [0.1, 0.15) is 61.0 Å². The van der Waals surface area contributed by atoms with E-state index in [4.69, 9.17) is 26.7 Å². The summed E-state index contributed by atoms with van der Waals surface area (Å²) in [5.74, 6) is 1.81. The number of anilines is 1. The third kappa shape index (κ3) is 6.16. The quantitative estimate of drug-likeness (QED) is 0.617. The van der Waals surface area contributed by atoms with Gasteiger partial charge in [-0.05, 0) is 75.1 Å². The van der Waals surface area contributed by atoms with Crippen LogP contribution in [0.4, 0.5) is 5.82 Å². The van der Waals surface area contributed by atoms with Gasteiger partial charge in [-0.25, -0.2) is 0 Å². The predicted molar refractivity (Wildman–Crippen MR) is 129 cm³/mol. The molecule has 1 saturated carbocycles. The minimum atomic E-state index is -0.205. The molecule has 34 heavy (non-hydrogen) atoms. The van der Waals surface area contributed by atoms with Crippen LogP contribution in [0, 0.1) is 17.2 Å². The number of amides is 1. The number of aliphatic hydroxyl groups is 1. The molecular formula is C25H30ClN5O3. The normalized spacial score (nSPS) is 21.0. The number of halogens is 1. The molecule has 180 valence electrons. The number of hydrogen-bond donors (Lipinski definition) is 2. The molecule has 2 heterocycles. The van der Waals surface area contributed by atoms with Crippen molar-refractivity contribution in [1.29, 1.82) is 5.26 Å². The number of carbonyl (C=O) groups is 1. The zero-order valence-electron chi connectivity index (χ0n) is 19.1. The largest absolute Gasteiger partial charge is 0.490 e. The molecule has 8 nitrogen and oxygen atoms in total. The lowest BCUT2D eigenvalue weighted by atomic mass is 9.92. The number of aromatic nitrogens is 2. The van der Waals surface area contributed by atoms with Crippen LogP contribution in [0.15, 0.2) is 30.3 Å². The zero-order valence-corrected chi connectivity index (χ0v) is 19.9. The summed E-state index contributed by atoms with van der Waals surface area (Å²) in [7, 11) is 0. The van der Waals surface area contributed by atoms with E-state index >= 15 is 0 Å². The van der Waals surface area contributed by atoms with Gasteiger partial charge >= 0.3 is 0 Å². The van der Waals surface area contributed by atoms with E-state index in [1.54, 1.807) is 24.3 Å². The van der Waals surface area contributed by atoms with Crippen molar-refractivity contribution in [3.8, 4) is 11.8 Å². The number of carbonyl (C=O) groups excluding carboxylic acids is 1. The second kappa shape index (κ2) is 11.5. The molecule has 0 radical (unpaired) electrons. The summed E-state index contributed by atoms with van der Waals surface area (Å²) in [6.45, 7) is 2.03. The molecule has 2 fully saturated rings. The third-order valence-electron chi connectivity index (χ3n) is 6.73. The van der Waals surface area contributed by atoms with Crippen molar-refractivity contribution in [1.82, 2.24) is 15.5 Å². The molecule has 0 bridgehead atoms. The highest BCUT2D eigenvalue weighted by molar-refractivity contribution is 6.31. The molecule has 2 aliphatic rings. The van der Waals surface area contributed by atoms with E-state index in [9.17, 15) is 4.79 Å². The lowest BCUT2D eigenvalue weighted by molar-refractivity contribution is 0.0888. The number of nitrogens with zero attached hydrogens (tertiary/aromatic N) is 4. The van der Waals surface area contributed by atoms with E-state index in [0.29, 0.717) is 27.9 Å². The molecule has 0 unspecified atom stereocenters. The van der Waals surface area contributed by atoms with Gasteiger partial charge < -0.3 is 20.1 Å². The fourth-order valence-electron chi connectivity index (χ4n) is 4.68. The minimum absolute atomic E-state index is 0.0535. The lowest BCUT2D eigenvalue weighted by Crippen LogP contribution is -2.40. The van der Waals surface area contributed by atoms with E-state index in [1.165, 1.54) is 0 Å². The van der Waals surface area contributed by atoms with Crippen molar-refractivity contribution >= 4 is 23.3 Å². The van der Waals surface area contributed by atoms with Crippen LogP contribution in [0.3, 0.4) is 0 Å². The topological polar surface area (TPSA) is 111 Å². The Morgan fingerprint density at radius 2 is 1.91 bits per heavy atom. The summed E-state index contributed by atoms with van der Waals surface area (Å²) in [6, 6.07) is 10.8. The average molecular weight is 484 g/mol. The minimum Gasteiger partial charge on any atom is -0.490 e. The van der Waals surface area contributed by atoms with Crippen LogP contribution < -0.4 is 15.0 Å². The molecule has 1 amide bonds. The molecule has 1 aromatic carbocycles. The fourth-order valence-corrected chi connectivity index (χ4v) is 4.90. The standard InChI is InChI=1S/C25H30ClN5O3/c26-22-15-21(4-1-18(22)16-27)34-20-5-2-19(3-6-20)28-25(33)23-7-8-24(30-29-23)31-12-9-17(10-13-31)11-14-32/h1,4,7-8,15,17,19-20,32H,2-3,5-6,9-14H2,(H,28,33)/t19-,20-. The van der Waals surface area contributed by atoms with E-state index in [-0.39, 0.29) is 24.7 Å². The van der Waals surface area contributed by atoms with Crippen LogP contribution in [0.2, 0.25) is 5.02 Å². The first-order valence-corrected chi connectivity index (χ1v) is 12.3. The van der Waals surface area contributed by atoms with E-state index in [0.717, 1.165) is 63.9 Å². The molecule has 1 aliphatic heterocycles. The molecule has 0 spiro atoms. The van der Waals surface area contributed by atoms with Gasteiger partial charge in [0.1, 0.15) is 11.8 Å². The molecule has 4 rings (SSSR count). The Kier molecular flexibility index (Phi) is 8.20. The van der Waals surface area contributed by atoms with Crippen LogP contribution in [-0.2, 0) is 0 Å². The third-order valence-corrected chi connectivity index (χ3v) is 7.04. The van der Waals surface area contributed by atoms with Crippen molar-refractivity contribution in [2.24, 2.45) is 5.92 Å². The smallest absolute Gasteiger partial charge is 0.272 e. The highest BCUT2D eigenvalue weighted by Gasteiger charge is 2.25. The second-order valence-electron chi connectivity index (χ2n) is 9.04. The Bertz CT molecular complexity index is 1010. The second-order valence-corrected chi connectivity index (χ2v) is 9.45. The van der Waals surface area contributed by atoms with Crippen molar-refractivity contribution in [2.45, 2.75) is 57.1 Å². The summed E-state index contributed by atoms with van der Waals surface area (Å²) >= 11 is 6.09. The highest BCUT2D eigenvalue weighted by atomic mass is 35.5. The first kappa shape index (κ1) is 24.2. The van der Waals surface area contributed by atoms with Gasteiger partial charge in [-0.15, -0.1) is 10.2 Å². The van der Waals surface area contributed by atoms with Gasteiger partial charge in [-0.1, -0.05) is 11.6 Å². The maximum Gasteiger partial charge on any atom is 0.272 e. The summed E-state index contributed by atoms with van der Waals surface area (Å²) in [5.41, 5.74) is 0.753. The van der Waals surface area contributed by atoms with E-state index < -0.39 is 0 Å². The Morgan fingerprint density at radius 1 is 1.15 bits per heavy atom. The van der Waals surface area contributed by atoms with Crippen LogP contribution in [-0.4, -0.2) is 53.1 Å². The number of rotatable bonds is 7. The first-order chi connectivity index (χ1) is 16.6. The predicted octanol–water partition coefficient (Wildman–Crippen LogP) is 3.72. The summed E-state index contributed by atoms with van der Waals surface area (Å²) < 4.78 is 6.02. The average Bonchev–Trinajstić information content (AvgIpc) is 2.86. The van der Waals surface area contributed by atoms with Crippen LogP contribution >= 0.6 is 11.6 Å². The Hall–Kier alpha value is -2.89. The van der Waals surface area contributed by atoms with Crippen LogP contribution in [0.5, 0.6) is 5.75 Å². The first-order valence-electron chi connectivity index (χ1n) is 11.9. The van der Waals surface area contributed by atoms with Crippen molar-refractivity contribution < 1.29 is 14.6 Å². The molecule has 1 aliphatic carbocycles. The van der Waals surface area contributed by atoms with E-state index in [1.807, 2.05) is 12.1 Å². The van der Waals surface area contributed by atoms with Crippen molar-refractivity contribution in [2.75, 3.05) is 24.6 Å². The van der Waals surface area contributed by atoms with Gasteiger partial charge in [0.2, 0.25) is 0 Å². The van der Waals surface area contributed by atoms with Crippen molar-refractivity contribution in [3.05, 3.63) is 46.6 Å². The molecule has 0 atom stereocenters. The molecular weight excluding hydrogens is 454 g/mol. The monoisotopic (exact) mass is 483 g/mol. The number of nitriles is 1. The highest BCUT2D eigenvalue weighted by Crippen LogP contribution is 2.27. The Balaban J connectivity index is 1.22. The number of piperidine rings is 1. The van der Waals surface area contributed by atoms with Gasteiger partial charge in [-0.2, -0.15) is 5.26 Å². The summed E-state index contributed by atoms with van der Waals surface area (Å²) in [4.78, 5) is 14.8. The Labute approximate surface area is 204 Å². The fraction of sp³-hybridized carbons (Fsp3) is 0.520. The van der Waals surface area contributed by atoms with E-state index in [2.05, 4.69) is 20.4 Å². The van der Waals surface area contributed by atoms with Gasteiger partial charge in [0.15, 0.2) is 11.5 Å². The molecule has 2 aromatic rings. The number of nitrogens with one attached hydrogen (secondary N) is 1. The maximum absolute atomic E-state index is 12.7. The molecule has 9 heteroatoms. The molecule has 2 N–H and O–H groups in total. The lowest BCUT2D eigenvalue weighted by Gasteiger charge is -2.32. The van der Waals surface area contributed by atoms with Gasteiger partial charge in [-0.3, -0.25) is 4.79 Å². The van der Waals surface area contributed by atoms with Gasteiger partial charge in [0.05, 0.1) is 16.7 Å². The number of hydrogen-bond acceptors (Lipinski definition) is 7. The van der Waals surface area contributed by atoms with Crippen molar-refractivity contribution in [3.63, 3.8) is 0 Å². The summed E-state index contributed by atoms with van der Waals surface area (Å²) in [6.07, 6.45) is 6.25. The SMILES string of the molecule is N#Cc1ccc(O[C@H]2CC[C@H](NC(=O)c3ccc(N4CCC(CCO)CC4)nn3)CC2)cc1Cl. The van der Waals surface area contributed by atoms with Crippen LogP contribution in [0.25, 0.3) is 0 Å². The zero-order chi connectivity index (χ0) is 23.9. The maximum atomic E-state index is 12.7. The molecule has 1 saturated heterocycles.